The van der Waals surface area contributed by atoms with Crippen LogP contribution in [0.25, 0.3) is 0 Å². The van der Waals surface area contributed by atoms with E-state index in [0.717, 1.165) is 24.5 Å². The third kappa shape index (κ3) is 1.94. The summed E-state index contributed by atoms with van der Waals surface area (Å²) in [5, 5.41) is 18.6. The molecule has 0 saturated carbocycles. The Morgan fingerprint density at radius 1 is 1.33 bits per heavy atom. The standard InChI is InChI=1S/C11H14N2O2/c14-8-7-13-6-5-12-11(13)9-3-1-2-4-10(9)15/h1-4,14-15H,5-8H2. The first-order valence-electron chi connectivity index (χ1n) is 5.01. The van der Waals surface area contributed by atoms with Crippen LogP contribution in [0.5, 0.6) is 5.75 Å². The Bertz CT molecular complexity index is 377. The molecule has 0 fully saturated rings. The highest BCUT2D eigenvalue weighted by Gasteiger charge is 2.19. The van der Waals surface area contributed by atoms with Gasteiger partial charge in [0, 0.05) is 13.1 Å². The van der Waals surface area contributed by atoms with Crippen LogP contribution in [0.4, 0.5) is 0 Å². The molecule has 1 heterocycles. The van der Waals surface area contributed by atoms with Gasteiger partial charge in [-0.2, -0.15) is 0 Å². The fourth-order valence-electron chi connectivity index (χ4n) is 1.74. The minimum absolute atomic E-state index is 0.104. The highest BCUT2D eigenvalue weighted by Crippen LogP contribution is 2.20. The van der Waals surface area contributed by atoms with Crippen LogP contribution in [0, 0.1) is 0 Å². The number of aliphatic hydroxyl groups is 1. The molecule has 0 bridgehead atoms. The van der Waals surface area contributed by atoms with E-state index in [9.17, 15) is 5.11 Å². The molecule has 0 spiro atoms. The molecule has 0 amide bonds. The monoisotopic (exact) mass is 206 g/mol. The predicted molar refractivity (Wildman–Crippen MR) is 58.2 cm³/mol. The van der Waals surface area contributed by atoms with Crippen LogP contribution >= 0.6 is 0 Å². The molecule has 2 N–H and O–H groups in total. The molecule has 0 aromatic heterocycles. The van der Waals surface area contributed by atoms with Gasteiger partial charge in [0.05, 0.1) is 18.7 Å². The average molecular weight is 206 g/mol. The number of rotatable bonds is 3. The van der Waals surface area contributed by atoms with E-state index in [2.05, 4.69) is 4.99 Å². The van der Waals surface area contributed by atoms with Crippen LogP contribution in [0.3, 0.4) is 0 Å². The maximum Gasteiger partial charge on any atom is 0.134 e. The molecule has 4 heteroatoms. The lowest BCUT2D eigenvalue weighted by molar-refractivity contribution is 0.256. The average Bonchev–Trinajstić information content (AvgIpc) is 2.67. The Morgan fingerprint density at radius 3 is 2.87 bits per heavy atom. The second-order valence-electron chi connectivity index (χ2n) is 3.43. The minimum Gasteiger partial charge on any atom is -0.507 e. The van der Waals surface area contributed by atoms with E-state index in [1.54, 1.807) is 12.1 Å². The lowest BCUT2D eigenvalue weighted by atomic mass is 10.1. The minimum atomic E-state index is 0.104. The van der Waals surface area contributed by atoms with Crippen molar-refractivity contribution < 1.29 is 10.2 Å². The lowest BCUT2D eigenvalue weighted by Crippen LogP contribution is -2.31. The van der Waals surface area contributed by atoms with Gasteiger partial charge in [-0.25, -0.2) is 0 Å². The van der Waals surface area contributed by atoms with Gasteiger partial charge in [0.1, 0.15) is 11.6 Å². The summed E-state index contributed by atoms with van der Waals surface area (Å²) in [7, 11) is 0. The number of phenolic OH excluding ortho intramolecular Hbond substituents is 1. The van der Waals surface area contributed by atoms with Crippen molar-refractivity contribution in [3.63, 3.8) is 0 Å². The van der Waals surface area contributed by atoms with E-state index >= 15 is 0 Å². The van der Waals surface area contributed by atoms with Gasteiger partial charge in [-0.1, -0.05) is 12.1 Å². The van der Waals surface area contributed by atoms with E-state index < -0.39 is 0 Å². The SMILES string of the molecule is OCCN1CCN=C1c1ccccc1O. The first kappa shape index (κ1) is 9.98. The second kappa shape index (κ2) is 4.31. The Balaban J connectivity index is 2.27. The van der Waals surface area contributed by atoms with Crippen LogP contribution in [-0.2, 0) is 0 Å². The third-order valence-electron chi connectivity index (χ3n) is 2.45. The number of aliphatic hydroxyl groups excluding tert-OH is 1. The van der Waals surface area contributed by atoms with Crippen molar-refractivity contribution in [3.8, 4) is 5.75 Å². The molecule has 2 rings (SSSR count). The molecule has 1 aromatic rings. The van der Waals surface area contributed by atoms with Crippen molar-refractivity contribution in [2.75, 3.05) is 26.2 Å². The molecule has 0 atom stereocenters. The molecule has 80 valence electrons. The van der Waals surface area contributed by atoms with Crippen LogP contribution < -0.4 is 0 Å². The van der Waals surface area contributed by atoms with Crippen molar-refractivity contribution in [1.82, 2.24) is 4.90 Å². The molecule has 0 radical (unpaired) electrons. The zero-order valence-corrected chi connectivity index (χ0v) is 8.43. The predicted octanol–water partition coefficient (Wildman–Crippen LogP) is 0.447. The Kier molecular flexibility index (Phi) is 2.87. The molecule has 0 saturated heterocycles. The van der Waals surface area contributed by atoms with Crippen molar-refractivity contribution in [2.45, 2.75) is 0 Å². The van der Waals surface area contributed by atoms with Gasteiger partial charge in [0.2, 0.25) is 0 Å². The summed E-state index contributed by atoms with van der Waals surface area (Å²) in [6, 6.07) is 7.13. The Labute approximate surface area is 88.5 Å². The number of hydrogen-bond acceptors (Lipinski definition) is 4. The molecular weight excluding hydrogens is 192 g/mol. The smallest absolute Gasteiger partial charge is 0.134 e. The summed E-state index contributed by atoms with van der Waals surface area (Å²) >= 11 is 0. The van der Waals surface area contributed by atoms with E-state index in [0.29, 0.717) is 6.54 Å². The fraction of sp³-hybridized carbons (Fsp3) is 0.364. The molecule has 15 heavy (non-hydrogen) atoms. The summed E-state index contributed by atoms with van der Waals surface area (Å²) < 4.78 is 0. The number of phenols is 1. The third-order valence-corrected chi connectivity index (χ3v) is 2.45. The van der Waals surface area contributed by atoms with Crippen molar-refractivity contribution in [2.24, 2.45) is 4.99 Å². The molecule has 1 aromatic carbocycles. The van der Waals surface area contributed by atoms with Crippen molar-refractivity contribution >= 4 is 5.84 Å². The molecular formula is C11H14N2O2. The molecule has 0 aliphatic carbocycles. The molecule has 0 unspecified atom stereocenters. The van der Waals surface area contributed by atoms with Gasteiger partial charge in [-0.15, -0.1) is 0 Å². The van der Waals surface area contributed by atoms with Crippen molar-refractivity contribution in [1.29, 1.82) is 0 Å². The van der Waals surface area contributed by atoms with Gasteiger partial charge >= 0.3 is 0 Å². The number of nitrogens with zero attached hydrogens (tertiary/aromatic N) is 2. The maximum absolute atomic E-state index is 9.69. The summed E-state index contributed by atoms with van der Waals surface area (Å²) in [6.45, 7) is 2.20. The number of aliphatic imine (C=N–C) groups is 1. The lowest BCUT2D eigenvalue weighted by Gasteiger charge is -2.19. The van der Waals surface area contributed by atoms with Gasteiger partial charge in [0.25, 0.3) is 0 Å². The Morgan fingerprint density at radius 2 is 2.13 bits per heavy atom. The number of para-hydroxylation sites is 1. The van der Waals surface area contributed by atoms with Gasteiger partial charge in [0.15, 0.2) is 0 Å². The molecule has 1 aliphatic heterocycles. The highest BCUT2D eigenvalue weighted by atomic mass is 16.3. The largest absolute Gasteiger partial charge is 0.507 e. The highest BCUT2D eigenvalue weighted by molar-refractivity contribution is 6.01. The van der Waals surface area contributed by atoms with E-state index in [4.69, 9.17) is 5.11 Å². The van der Waals surface area contributed by atoms with Gasteiger partial charge in [-0.3, -0.25) is 4.99 Å². The summed E-state index contributed by atoms with van der Waals surface area (Å²) in [4.78, 5) is 6.32. The van der Waals surface area contributed by atoms with Crippen LogP contribution in [0.2, 0.25) is 0 Å². The second-order valence-corrected chi connectivity index (χ2v) is 3.43. The van der Waals surface area contributed by atoms with Gasteiger partial charge in [-0.05, 0) is 12.1 Å². The fourth-order valence-corrected chi connectivity index (χ4v) is 1.74. The summed E-state index contributed by atoms with van der Waals surface area (Å²) in [5.74, 6) is 1.02. The molecule has 4 nitrogen and oxygen atoms in total. The number of β-amino-alcohol motifs (C(OH)–C–C–N with tert-alkyl or cyclic N) is 1. The first-order chi connectivity index (χ1) is 7.33. The zero-order chi connectivity index (χ0) is 10.7. The Hall–Kier alpha value is -1.55. The van der Waals surface area contributed by atoms with Crippen molar-refractivity contribution in [3.05, 3.63) is 29.8 Å². The van der Waals surface area contributed by atoms with Gasteiger partial charge < -0.3 is 15.1 Å². The topological polar surface area (TPSA) is 56.1 Å². The number of aromatic hydroxyl groups is 1. The quantitative estimate of drug-likeness (QED) is 0.754. The van der Waals surface area contributed by atoms with Crippen LogP contribution in [0.15, 0.2) is 29.3 Å². The number of hydrogen-bond donors (Lipinski definition) is 2. The maximum atomic E-state index is 9.69. The number of amidine groups is 1. The van der Waals surface area contributed by atoms with E-state index in [1.165, 1.54) is 0 Å². The van der Waals surface area contributed by atoms with Crippen LogP contribution in [-0.4, -0.2) is 47.2 Å². The van der Waals surface area contributed by atoms with E-state index in [-0.39, 0.29) is 12.4 Å². The molecule has 1 aliphatic rings. The first-order valence-corrected chi connectivity index (χ1v) is 5.01. The summed E-state index contributed by atoms with van der Waals surface area (Å²) in [5.41, 5.74) is 0.739. The zero-order valence-electron chi connectivity index (χ0n) is 8.43. The normalized spacial score (nSPS) is 15.5. The van der Waals surface area contributed by atoms with E-state index in [1.807, 2.05) is 17.0 Å². The van der Waals surface area contributed by atoms with Crippen LogP contribution in [0.1, 0.15) is 5.56 Å². The number of benzene rings is 1. The summed E-state index contributed by atoms with van der Waals surface area (Å²) in [6.07, 6.45) is 0.